The summed E-state index contributed by atoms with van der Waals surface area (Å²) in [6, 6.07) is 0. The molecule has 4 N–H and O–H groups in total. The van der Waals surface area contributed by atoms with E-state index in [4.69, 9.17) is 48.8 Å². The summed E-state index contributed by atoms with van der Waals surface area (Å²) in [5.74, 6) is -3.20. The van der Waals surface area contributed by atoms with Crippen LogP contribution in [-0.2, 0) is 47.4 Å². The molecular weight excluding hydrogens is 480 g/mol. The monoisotopic (exact) mass is 504 g/mol. The van der Waals surface area contributed by atoms with Crippen LogP contribution in [0.2, 0.25) is 0 Å². The second-order valence-electron chi connectivity index (χ2n) is 5.76. The van der Waals surface area contributed by atoms with Gasteiger partial charge in [-0.15, -0.1) is 0 Å². The van der Waals surface area contributed by atoms with Gasteiger partial charge in [-0.2, -0.15) is 0 Å². The maximum atomic E-state index is 11.1. The molecule has 2 unspecified atom stereocenters. The quantitative estimate of drug-likeness (QED) is 0.227. The van der Waals surface area contributed by atoms with E-state index in [0.29, 0.717) is 0 Å². The van der Waals surface area contributed by atoms with Crippen molar-refractivity contribution in [3.05, 3.63) is 0 Å². The van der Waals surface area contributed by atoms with Crippen molar-refractivity contribution in [1.29, 1.82) is 0 Å². The van der Waals surface area contributed by atoms with Crippen LogP contribution >= 0.6 is 0 Å². The standard InChI is InChI=1S/C16H24O18/c17-12(18)31-10-9-27-2-1-25-5-8-30-16(33-14(21)22,34-15(23)24)11(32-13(19)20)29-7-4-26-3-6-28-10/h10-11H,1-9H2,(H,17,18)(H,19,20)(H,21,22)(H,23,24). The molecule has 0 aliphatic carbocycles. The molecule has 1 aliphatic rings. The minimum Gasteiger partial charge on any atom is -0.450 e. The van der Waals surface area contributed by atoms with Crippen LogP contribution in [0.5, 0.6) is 0 Å². The van der Waals surface area contributed by atoms with Crippen molar-refractivity contribution >= 4 is 24.6 Å². The molecule has 2 atom stereocenters. The van der Waals surface area contributed by atoms with Gasteiger partial charge in [-0.3, -0.25) is 4.74 Å². The van der Waals surface area contributed by atoms with Crippen LogP contribution in [0, 0.1) is 0 Å². The molecule has 1 fully saturated rings. The lowest BCUT2D eigenvalue weighted by Crippen LogP contribution is -2.55. The summed E-state index contributed by atoms with van der Waals surface area (Å²) in [6.07, 6.45) is -11.4. The zero-order chi connectivity index (χ0) is 25.4. The highest BCUT2D eigenvalue weighted by Crippen LogP contribution is 2.25. The minimum atomic E-state index is -3.20. The third-order valence-electron chi connectivity index (χ3n) is 3.37. The molecule has 1 aliphatic heterocycles. The summed E-state index contributed by atoms with van der Waals surface area (Å²) in [4.78, 5) is 44.0. The summed E-state index contributed by atoms with van der Waals surface area (Å²) in [6.45, 7) is -2.34. The van der Waals surface area contributed by atoms with Crippen molar-refractivity contribution in [2.24, 2.45) is 0 Å². The number of rotatable bonds is 4. The van der Waals surface area contributed by atoms with Crippen molar-refractivity contribution in [2.75, 3.05) is 59.5 Å². The van der Waals surface area contributed by atoms with Gasteiger partial charge in [0.15, 0.2) is 0 Å². The van der Waals surface area contributed by atoms with Gasteiger partial charge in [0.2, 0.25) is 6.29 Å². The zero-order valence-corrected chi connectivity index (χ0v) is 17.5. The SMILES string of the molecule is O=C(O)OC1COCCOCCOC(OC(=O)O)(OC(=O)O)C(OC(=O)O)OCCOCCO1. The molecule has 0 saturated carbocycles. The first-order valence-corrected chi connectivity index (χ1v) is 9.38. The Morgan fingerprint density at radius 3 is 1.68 bits per heavy atom. The summed E-state index contributed by atoms with van der Waals surface area (Å²) in [5, 5.41) is 35.7. The minimum absolute atomic E-state index is 0.0599. The molecule has 0 bridgehead atoms. The van der Waals surface area contributed by atoms with E-state index in [-0.39, 0.29) is 46.2 Å². The zero-order valence-electron chi connectivity index (χ0n) is 17.5. The first-order chi connectivity index (χ1) is 16.1. The lowest BCUT2D eigenvalue weighted by molar-refractivity contribution is -0.418. The van der Waals surface area contributed by atoms with Gasteiger partial charge in [0.1, 0.15) is 6.61 Å². The topological polar surface area (TPSA) is 241 Å². The number of carbonyl (C=O) groups is 4. The fraction of sp³-hybridized carbons (Fsp3) is 0.750. The molecule has 0 amide bonds. The Bertz CT molecular complexity index is 636. The Kier molecular flexibility index (Phi) is 13.3. The molecule has 1 rings (SSSR count). The van der Waals surface area contributed by atoms with Gasteiger partial charge in [0.25, 0.3) is 0 Å². The van der Waals surface area contributed by atoms with Crippen LogP contribution in [0.4, 0.5) is 19.2 Å². The van der Waals surface area contributed by atoms with Crippen LogP contribution in [0.15, 0.2) is 0 Å². The van der Waals surface area contributed by atoms with Crippen molar-refractivity contribution in [3.63, 3.8) is 0 Å². The summed E-state index contributed by atoms with van der Waals surface area (Å²) < 4.78 is 48.3. The number of hydrogen-bond donors (Lipinski definition) is 4. The van der Waals surface area contributed by atoms with Gasteiger partial charge in [-0.25, -0.2) is 19.2 Å². The largest absolute Gasteiger partial charge is 0.511 e. The van der Waals surface area contributed by atoms with Crippen LogP contribution in [0.1, 0.15) is 0 Å². The van der Waals surface area contributed by atoms with E-state index in [1.807, 2.05) is 0 Å². The molecule has 0 aromatic heterocycles. The molecule has 0 aromatic rings. The van der Waals surface area contributed by atoms with Gasteiger partial charge in [-0.05, 0) is 0 Å². The third kappa shape index (κ3) is 12.2. The van der Waals surface area contributed by atoms with E-state index in [1.54, 1.807) is 0 Å². The summed E-state index contributed by atoms with van der Waals surface area (Å²) in [5.41, 5.74) is 0. The van der Waals surface area contributed by atoms with Crippen LogP contribution in [0.25, 0.3) is 0 Å². The Balaban J connectivity index is 2.94. The van der Waals surface area contributed by atoms with E-state index in [2.05, 4.69) is 18.9 Å². The van der Waals surface area contributed by atoms with Crippen molar-refractivity contribution in [2.45, 2.75) is 18.6 Å². The molecule has 34 heavy (non-hydrogen) atoms. The van der Waals surface area contributed by atoms with Crippen LogP contribution in [-0.4, -0.2) is 123 Å². The normalized spacial score (nSPS) is 23.3. The van der Waals surface area contributed by atoms with E-state index in [0.717, 1.165) is 0 Å². The molecule has 0 aromatic carbocycles. The second-order valence-corrected chi connectivity index (χ2v) is 5.76. The van der Waals surface area contributed by atoms with Crippen molar-refractivity contribution in [1.82, 2.24) is 0 Å². The van der Waals surface area contributed by atoms with Crippen LogP contribution < -0.4 is 0 Å². The predicted octanol–water partition coefficient (Wildman–Crippen LogP) is 0.184. The van der Waals surface area contributed by atoms with Gasteiger partial charge in [0.05, 0.1) is 52.9 Å². The van der Waals surface area contributed by atoms with E-state index in [9.17, 15) is 19.2 Å². The highest BCUT2D eigenvalue weighted by atomic mass is 17.0. The summed E-state index contributed by atoms with van der Waals surface area (Å²) >= 11 is 0. The fourth-order valence-corrected chi connectivity index (χ4v) is 2.21. The average molecular weight is 504 g/mol. The molecule has 18 heteroatoms. The third-order valence-corrected chi connectivity index (χ3v) is 3.37. The van der Waals surface area contributed by atoms with Crippen molar-refractivity contribution < 1.29 is 87.0 Å². The summed E-state index contributed by atoms with van der Waals surface area (Å²) in [7, 11) is 0. The number of carboxylic acid groups (broad SMARTS) is 4. The molecule has 0 radical (unpaired) electrons. The average Bonchev–Trinajstić information content (AvgIpc) is 2.71. The lowest BCUT2D eigenvalue weighted by atomic mass is 10.5. The highest BCUT2D eigenvalue weighted by Gasteiger charge is 2.54. The van der Waals surface area contributed by atoms with Gasteiger partial charge in [-0.1, -0.05) is 0 Å². The number of ether oxygens (including phenoxy) is 10. The maximum Gasteiger partial charge on any atom is 0.511 e. The molecule has 1 heterocycles. The molecular formula is C16H24O18. The molecule has 1 saturated heterocycles. The van der Waals surface area contributed by atoms with E-state index in [1.165, 1.54) is 0 Å². The Hall–Kier alpha value is -3.16. The predicted molar refractivity (Wildman–Crippen MR) is 97.1 cm³/mol. The maximum absolute atomic E-state index is 11.1. The first kappa shape index (κ1) is 28.9. The van der Waals surface area contributed by atoms with Crippen LogP contribution in [0.3, 0.4) is 0 Å². The smallest absolute Gasteiger partial charge is 0.450 e. The van der Waals surface area contributed by atoms with Gasteiger partial charge < -0.3 is 63.1 Å². The molecule has 0 spiro atoms. The van der Waals surface area contributed by atoms with E-state index >= 15 is 0 Å². The first-order valence-electron chi connectivity index (χ1n) is 9.38. The Morgan fingerprint density at radius 2 is 1.12 bits per heavy atom. The Morgan fingerprint density at radius 1 is 0.618 bits per heavy atom. The highest BCUT2D eigenvalue weighted by molar-refractivity contribution is 5.60. The van der Waals surface area contributed by atoms with Gasteiger partial charge >= 0.3 is 36.9 Å². The number of hydrogen-bond acceptors (Lipinski definition) is 14. The Labute approximate surface area is 190 Å². The lowest BCUT2D eigenvalue weighted by Gasteiger charge is -2.34. The van der Waals surface area contributed by atoms with E-state index < -0.39 is 56.4 Å². The fourth-order valence-electron chi connectivity index (χ4n) is 2.21. The molecule has 18 nitrogen and oxygen atoms in total. The van der Waals surface area contributed by atoms with Gasteiger partial charge in [0, 0.05) is 0 Å². The van der Waals surface area contributed by atoms with Crippen molar-refractivity contribution in [3.8, 4) is 0 Å². The molecule has 196 valence electrons. The second kappa shape index (κ2) is 15.6.